The minimum Gasteiger partial charge on any atom is -0.478 e. The zero-order valence-electron chi connectivity index (χ0n) is 9.50. The van der Waals surface area contributed by atoms with Crippen molar-refractivity contribution >= 4 is 29.3 Å². The molecule has 0 unspecified atom stereocenters. The van der Waals surface area contributed by atoms with Crippen molar-refractivity contribution in [1.29, 1.82) is 0 Å². The number of amides is 1. The van der Waals surface area contributed by atoms with Crippen molar-refractivity contribution in [3.63, 3.8) is 0 Å². The van der Waals surface area contributed by atoms with Gasteiger partial charge < -0.3 is 10.4 Å². The predicted octanol–water partition coefficient (Wildman–Crippen LogP) is 2.08. The molecule has 0 saturated heterocycles. The van der Waals surface area contributed by atoms with E-state index in [0.717, 1.165) is 0 Å². The van der Waals surface area contributed by atoms with E-state index in [1.54, 1.807) is 0 Å². The van der Waals surface area contributed by atoms with Gasteiger partial charge in [0.1, 0.15) is 5.82 Å². The summed E-state index contributed by atoms with van der Waals surface area (Å²) in [7, 11) is 0. The van der Waals surface area contributed by atoms with Gasteiger partial charge in [0, 0.05) is 18.6 Å². The van der Waals surface area contributed by atoms with Gasteiger partial charge in [-0.1, -0.05) is 11.6 Å². The maximum Gasteiger partial charge on any atom is 0.335 e. The summed E-state index contributed by atoms with van der Waals surface area (Å²) in [5.74, 6) is -1.48. The first kappa shape index (κ1) is 13.0. The number of carboxylic acids is 1. The second-order valence-corrected chi connectivity index (χ2v) is 3.95. The van der Waals surface area contributed by atoms with E-state index in [1.165, 1.54) is 36.8 Å². The molecule has 2 heterocycles. The molecule has 2 aromatic rings. The van der Waals surface area contributed by atoms with Crippen LogP contribution in [0.15, 0.2) is 36.8 Å². The van der Waals surface area contributed by atoms with Gasteiger partial charge in [-0.2, -0.15) is 0 Å². The molecule has 96 valence electrons. The molecule has 0 aliphatic heterocycles. The molecular formula is C12H8ClN3O3. The van der Waals surface area contributed by atoms with E-state index in [4.69, 9.17) is 16.7 Å². The van der Waals surface area contributed by atoms with Crippen molar-refractivity contribution in [2.24, 2.45) is 0 Å². The second kappa shape index (κ2) is 5.45. The first-order valence-corrected chi connectivity index (χ1v) is 5.56. The summed E-state index contributed by atoms with van der Waals surface area (Å²) >= 11 is 5.85. The van der Waals surface area contributed by atoms with Crippen LogP contribution in [0, 0.1) is 0 Å². The Morgan fingerprint density at radius 2 is 2.05 bits per heavy atom. The minimum absolute atomic E-state index is 0.0302. The molecule has 19 heavy (non-hydrogen) atoms. The zero-order valence-corrected chi connectivity index (χ0v) is 10.3. The first-order valence-electron chi connectivity index (χ1n) is 5.18. The van der Waals surface area contributed by atoms with Crippen LogP contribution in [0.5, 0.6) is 0 Å². The average Bonchev–Trinajstić information content (AvgIpc) is 2.39. The Bertz CT molecular complexity index is 646. The summed E-state index contributed by atoms with van der Waals surface area (Å²) in [6.45, 7) is 0. The van der Waals surface area contributed by atoms with Gasteiger partial charge in [0.25, 0.3) is 5.91 Å². The van der Waals surface area contributed by atoms with E-state index in [9.17, 15) is 9.59 Å². The van der Waals surface area contributed by atoms with Crippen molar-refractivity contribution in [3.05, 3.63) is 52.9 Å². The third kappa shape index (κ3) is 3.05. The number of carbonyl (C=O) groups excluding carboxylic acids is 1. The lowest BCUT2D eigenvalue weighted by atomic mass is 10.2. The predicted molar refractivity (Wildman–Crippen MR) is 68.4 cm³/mol. The Hall–Kier alpha value is -2.47. The highest BCUT2D eigenvalue weighted by Gasteiger charge is 2.12. The quantitative estimate of drug-likeness (QED) is 0.896. The third-order valence-corrected chi connectivity index (χ3v) is 2.59. The van der Waals surface area contributed by atoms with Crippen molar-refractivity contribution in [3.8, 4) is 0 Å². The van der Waals surface area contributed by atoms with Gasteiger partial charge in [-0.15, -0.1) is 0 Å². The zero-order chi connectivity index (χ0) is 13.8. The molecule has 2 N–H and O–H groups in total. The summed E-state index contributed by atoms with van der Waals surface area (Å²) in [5.41, 5.74) is 0.217. The van der Waals surface area contributed by atoms with E-state index in [-0.39, 0.29) is 22.0 Å². The molecule has 0 atom stereocenters. The van der Waals surface area contributed by atoms with Crippen LogP contribution in [-0.2, 0) is 0 Å². The van der Waals surface area contributed by atoms with Crippen molar-refractivity contribution in [1.82, 2.24) is 9.97 Å². The standard InChI is InChI=1S/C12H8ClN3O3/c13-9-2-3-14-6-8(9)11(17)16-10-5-7(12(18)19)1-4-15-10/h1-6H,(H,18,19)(H,15,16,17). The molecular weight excluding hydrogens is 270 g/mol. The smallest absolute Gasteiger partial charge is 0.335 e. The van der Waals surface area contributed by atoms with Crippen LogP contribution in [0.1, 0.15) is 20.7 Å². The molecule has 2 aromatic heterocycles. The normalized spacial score (nSPS) is 9.95. The number of aromatic carboxylic acids is 1. The van der Waals surface area contributed by atoms with Crippen LogP contribution in [0.3, 0.4) is 0 Å². The highest BCUT2D eigenvalue weighted by Crippen LogP contribution is 2.15. The van der Waals surface area contributed by atoms with E-state index >= 15 is 0 Å². The number of carboxylic acid groups (broad SMARTS) is 1. The number of halogens is 1. The van der Waals surface area contributed by atoms with E-state index in [1.807, 2.05) is 0 Å². The lowest BCUT2D eigenvalue weighted by Crippen LogP contribution is -2.14. The lowest BCUT2D eigenvalue weighted by molar-refractivity contribution is 0.0696. The molecule has 0 bridgehead atoms. The summed E-state index contributed by atoms with van der Waals surface area (Å²) in [6, 6.07) is 4.07. The Balaban J connectivity index is 2.22. The number of anilines is 1. The molecule has 0 spiro atoms. The van der Waals surface area contributed by atoms with Crippen LogP contribution in [-0.4, -0.2) is 27.0 Å². The van der Waals surface area contributed by atoms with Crippen LogP contribution in [0.2, 0.25) is 5.02 Å². The largest absolute Gasteiger partial charge is 0.478 e. The summed E-state index contributed by atoms with van der Waals surface area (Å²) in [6.07, 6.45) is 4.07. The number of rotatable bonds is 3. The van der Waals surface area contributed by atoms with Gasteiger partial charge in [0.05, 0.1) is 16.1 Å². The fraction of sp³-hybridized carbons (Fsp3) is 0. The van der Waals surface area contributed by atoms with Gasteiger partial charge >= 0.3 is 5.97 Å². The van der Waals surface area contributed by atoms with E-state index in [2.05, 4.69) is 15.3 Å². The Kier molecular flexibility index (Phi) is 3.72. The van der Waals surface area contributed by atoms with Crippen LogP contribution >= 0.6 is 11.6 Å². The SMILES string of the molecule is O=C(O)c1ccnc(NC(=O)c2cnccc2Cl)c1. The topological polar surface area (TPSA) is 92.2 Å². The monoisotopic (exact) mass is 277 g/mol. The van der Waals surface area contributed by atoms with Crippen molar-refractivity contribution in [2.75, 3.05) is 5.32 Å². The lowest BCUT2D eigenvalue weighted by Gasteiger charge is -2.05. The van der Waals surface area contributed by atoms with Crippen LogP contribution < -0.4 is 5.32 Å². The van der Waals surface area contributed by atoms with Gasteiger partial charge in [-0.25, -0.2) is 9.78 Å². The minimum atomic E-state index is -1.10. The number of hydrogen-bond donors (Lipinski definition) is 2. The molecule has 6 nitrogen and oxygen atoms in total. The molecule has 0 radical (unpaired) electrons. The summed E-state index contributed by atoms with van der Waals surface area (Å²) in [4.78, 5) is 30.3. The van der Waals surface area contributed by atoms with Gasteiger partial charge in [0.15, 0.2) is 0 Å². The number of nitrogens with zero attached hydrogens (tertiary/aromatic N) is 2. The van der Waals surface area contributed by atoms with Gasteiger partial charge in [-0.3, -0.25) is 9.78 Å². The molecule has 0 aliphatic rings. The average molecular weight is 278 g/mol. The van der Waals surface area contributed by atoms with E-state index < -0.39 is 11.9 Å². The van der Waals surface area contributed by atoms with Crippen molar-refractivity contribution < 1.29 is 14.7 Å². The second-order valence-electron chi connectivity index (χ2n) is 3.54. The van der Waals surface area contributed by atoms with E-state index in [0.29, 0.717) is 0 Å². The number of nitrogens with one attached hydrogen (secondary N) is 1. The molecule has 2 rings (SSSR count). The Morgan fingerprint density at radius 3 is 2.74 bits per heavy atom. The third-order valence-electron chi connectivity index (χ3n) is 2.26. The molecule has 0 fully saturated rings. The Labute approximate surface area is 113 Å². The fourth-order valence-corrected chi connectivity index (χ4v) is 1.55. The summed E-state index contributed by atoms with van der Waals surface area (Å²) in [5, 5.41) is 11.5. The van der Waals surface area contributed by atoms with Crippen LogP contribution in [0.4, 0.5) is 5.82 Å². The van der Waals surface area contributed by atoms with Crippen molar-refractivity contribution in [2.45, 2.75) is 0 Å². The highest BCUT2D eigenvalue weighted by molar-refractivity contribution is 6.34. The molecule has 1 amide bonds. The molecule has 0 saturated carbocycles. The number of aromatic nitrogens is 2. The number of pyridine rings is 2. The summed E-state index contributed by atoms with van der Waals surface area (Å²) < 4.78 is 0. The molecule has 0 aliphatic carbocycles. The number of carbonyl (C=O) groups is 2. The first-order chi connectivity index (χ1) is 9.08. The highest BCUT2D eigenvalue weighted by atomic mass is 35.5. The maximum absolute atomic E-state index is 11.9. The maximum atomic E-state index is 11.9. The molecule has 7 heteroatoms. The fourth-order valence-electron chi connectivity index (χ4n) is 1.36. The Morgan fingerprint density at radius 1 is 1.26 bits per heavy atom. The van der Waals surface area contributed by atoms with Gasteiger partial charge in [-0.05, 0) is 18.2 Å². The van der Waals surface area contributed by atoms with Gasteiger partial charge in [0.2, 0.25) is 0 Å². The molecule has 0 aromatic carbocycles. The number of hydrogen-bond acceptors (Lipinski definition) is 4. The van der Waals surface area contributed by atoms with Crippen LogP contribution in [0.25, 0.3) is 0 Å².